The lowest BCUT2D eigenvalue weighted by molar-refractivity contribution is -0.147. The van der Waals surface area contributed by atoms with E-state index in [0.29, 0.717) is 43.2 Å². The molecule has 0 aliphatic carbocycles. The van der Waals surface area contributed by atoms with Crippen LogP contribution in [0.2, 0.25) is 0 Å². The largest absolute Gasteiger partial charge is 0.464 e. The Labute approximate surface area is 647 Å². The molecule has 21 N–H and O–H groups in total. The third-order valence-electron chi connectivity index (χ3n) is 17.6. The van der Waals surface area contributed by atoms with Gasteiger partial charge >= 0.3 is 12.0 Å². The number of nitrogens with one attached hydrogen (secondary N) is 11. The van der Waals surface area contributed by atoms with Gasteiger partial charge in [-0.05, 0) is 145 Å². The van der Waals surface area contributed by atoms with Crippen LogP contribution in [0.1, 0.15) is 114 Å². The molecule has 3 aromatic carbocycles. The molecule has 12 amide bonds. The Kier molecular flexibility index (Phi) is 36.0. The van der Waals surface area contributed by atoms with Crippen molar-refractivity contribution in [2.45, 2.75) is 169 Å². The Morgan fingerprint density at radius 1 is 0.667 bits per heavy atom. The van der Waals surface area contributed by atoms with Gasteiger partial charge in [0.25, 0.3) is 5.91 Å². The molecule has 0 radical (unpaired) electrons. The molecule has 0 spiro atoms. The number of aliphatic hydroxyl groups is 2. The van der Waals surface area contributed by atoms with Gasteiger partial charge in [-0.3, -0.25) is 62.5 Å². The summed E-state index contributed by atoms with van der Waals surface area (Å²) in [4.78, 5) is 191. The number of amides is 12. The van der Waals surface area contributed by atoms with Crippen LogP contribution < -0.4 is 81.4 Å². The number of aromatic nitrogens is 3. The molecule has 2 aromatic heterocycles. The highest BCUT2D eigenvalue weighted by Gasteiger charge is 2.38. The van der Waals surface area contributed by atoms with Gasteiger partial charge in [0.1, 0.15) is 61.0 Å². The molecule has 1 aliphatic heterocycles. The first kappa shape index (κ1) is 89.1. The Bertz CT molecular complexity index is 4050. The predicted molar refractivity (Wildman–Crippen MR) is 412 cm³/mol. The number of aliphatic hydroxyl groups excluding tert-OH is 2. The van der Waals surface area contributed by atoms with Gasteiger partial charge in [-0.2, -0.15) is 9.78 Å². The minimum Gasteiger partial charge on any atom is -0.464 e. The standard InChI is InChI=1S/C75H105N19O16S/c1-42(2)39-57-70(104)85-52(24-30-76)65(99)84-55(27-33-79)69(103)91-62(44(5)95)72(106)82-35-28-56(68(102)83-53(25-31-77)67(101)89-58(71(105)88-57)40-46-15-9-8-10-16-46)86-66(100)54(26-32-78)87-73(107)63(45(6)96)90-61(97)29-36-93(37-38-110-74(108)43(3)4)75(109)94-59-41-48(111-60-19-12-11-18-50(60)64(98)80-7)21-22-49(59)51(92-94)23-20-47-17-13-14-34-81-47/h8-23,34,41-45,52-58,62-63,95-96H,24-33,35-40,76-79H2,1-7H3,(H,80,98)(H,82,106)(H,83,102)(H,84,99)(H,85,104)(H,86,100)(H,87,107)(H,88,105)(H,89,101)(H,90,97)(H,91,103)/b23-20+/t44-,45-,52+,53+,54+,55+,56+,57+,58-,62+,63+/m1/s1. The number of hydrogen-bond acceptors (Lipinski definition) is 23. The molecule has 1 fully saturated rings. The van der Waals surface area contributed by atoms with Crippen molar-refractivity contribution >= 4 is 112 Å². The van der Waals surface area contributed by atoms with Crippen molar-refractivity contribution in [1.29, 1.82) is 0 Å². The third-order valence-corrected chi connectivity index (χ3v) is 18.7. The van der Waals surface area contributed by atoms with Gasteiger partial charge in [-0.15, -0.1) is 0 Å². The van der Waals surface area contributed by atoms with E-state index in [1.54, 1.807) is 137 Å². The molecule has 35 nitrogen and oxygen atoms in total. The molecule has 6 rings (SSSR count). The first-order chi connectivity index (χ1) is 53.0. The number of nitrogens with two attached hydrogens (primary N) is 4. The summed E-state index contributed by atoms with van der Waals surface area (Å²) in [6, 6.07) is 11.2. The predicted octanol–water partition coefficient (Wildman–Crippen LogP) is -1.70. The van der Waals surface area contributed by atoms with Gasteiger partial charge < -0.3 is 101 Å². The summed E-state index contributed by atoms with van der Waals surface area (Å²) in [6.07, 6.45) is -0.455. The number of nitrogens with zero attached hydrogens (tertiary/aromatic N) is 4. The van der Waals surface area contributed by atoms with Crippen LogP contribution in [0.3, 0.4) is 0 Å². The number of ether oxygens (including phenoxy) is 1. The number of esters is 1. The van der Waals surface area contributed by atoms with E-state index in [2.05, 4.69) is 63.5 Å². The van der Waals surface area contributed by atoms with Crippen LogP contribution >= 0.6 is 11.8 Å². The molecule has 0 saturated carbocycles. The van der Waals surface area contributed by atoms with Crippen molar-refractivity contribution in [1.82, 2.24) is 78.1 Å². The molecule has 5 aromatic rings. The first-order valence-corrected chi connectivity index (χ1v) is 37.6. The molecule has 0 unspecified atom stereocenters. The fourth-order valence-electron chi connectivity index (χ4n) is 11.6. The summed E-state index contributed by atoms with van der Waals surface area (Å²) in [5.41, 5.74) is 26.0. The number of rotatable bonds is 31. The van der Waals surface area contributed by atoms with E-state index in [1.165, 1.54) is 37.6 Å². The van der Waals surface area contributed by atoms with Crippen molar-refractivity contribution in [2.24, 2.45) is 34.8 Å². The topological polar surface area (TPSA) is 542 Å². The summed E-state index contributed by atoms with van der Waals surface area (Å²) >= 11 is 1.26. The monoisotopic (exact) mass is 1560 g/mol. The molecule has 3 heterocycles. The van der Waals surface area contributed by atoms with Gasteiger partial charge in [-0.25, -0.2) is 4.79 Å². The summed E-state index contributed by atoms with van der Waals surface area (Å²) in [5.74, 6) is -11.4. The molecule has 1 aliphatic rings. The average Bonchev–Trinajstić information content (AvgIpc) is 1.63. The van der Waals surface area contributed by atoms with E-state index in [9.17, 15) is 67.7 Å². The summed E-state index contributed by atoms with van der Waals surface area (Å²) in [7, 11) is 1.51. The van der Waals surface area contributed by atoms with E-state index in [0.717, 1.165) is 4.68 Å². The average molecular weight is 1560 g/mol. The SMILES string of the molecule is CNC(=O)c1ccccc1Sc1ccc2c(/C=C/c3ccccn3)nn(C(=O)N(CCOC(=O)C(C)C)CCC(=O)N[C@H](C(=O)N[C@@H](CCN)C(=O)N[C@H]3CCNC(=O)[C@H]([C@@H](C)O)NC(=O)[C@H](CCN)NC(=O)[C@H](CCN)NC(=O)[C@H](CC(C)C)NC(=O)[C@@H](Cc4ccccc4)NC(=O)[C@H](CCN)NC3=O)[C@@H](C)O)c2c1. The highest BCUT2D eigenvalue weighted by atomic mass is 32.2. The van der Waals surface area contributed by atoms with Crippen LogP contribution in [-0.4, -0.2) is 233 Å². The summed E-state index contributed by atoms with van der Waals surface area (Å²) in [5, 5.41) is 55.5. The zero-order chi connectivity index (χ0) is 81.4. The van der Waals surface area contributed by atoms with Crippen LogP contribution in [0.15, 0.2) is 107 Å². The third kappa shape index (κ3) is 27.3. The number of pyridine rings is 1. The van der Waals surface area contributed by atoms with Crippen molar-refractivity contribution in [3.8, 4) is 0 Å². The van der Waals surface area contributed by atoms with E-state index in [1.807, 2.05) is 0 Å². The number of carbonyl (C=O) groups excluding carboxylic acids is 13. The second-order valence-electron chi connectivity index (χ2n) is 27.2. The second-order valence-corrected chi connectivity index (χ2v) is 28.3. The van der Waals surface area contributed by atoms with Crippen LogP contribution in [0, 0.1) is 11.8 Å². The van der Waals surface area contributed by atoms with Gasteiger partial charge in [0.15, 0.2) is 0 Å². The van der Waals surface area contributed by atoms with Crippen molar-refractivity contribution in [3.05, 3.63) is 120 Å². The van der Waals surface area contributed by atoms with Gasteiger partial charge in [0, 0.05) is 54.4 Å². The lowest BCUT2D eigenvalue weighted by Gasteiger charge is -2.28. The highest BCUT2D eigenvalue weighted by molar-refractivity contribution is 7.99. The Hall–Kier alpha value is -10.8. The maximum atomic E-state index is 15.1. The zero-order valence-electron chi connectivity index (χ0n) is 63.3. The van der Waals surface area contributed by atoms with E-state index in [4.69, 9.17) is 32.8 Å². The molecule has 36 heteroatoms. The highest BCUT2D eigenvalue weighted by Crippen LogP contribution is 2.34. The van der Waals surface area contributed by atoms with Crippen LogP contribution in [0.5, 0.6) is 0 Å². The van der Waals surface area contributed by atoms with Gasteiger partial charge in [0.2, 0.25) is 59.1 Å². The van der Waals surface area contributed by atoms with Gasteiger partial charge in [0.05, 0.1) is 47.1 Å². The zero-order valence-corrected chi connectivity index (χ0v) is 64.1. The van der Waals surface area contributed by atoms with E-state index < -0.39 is 170 Å². The Morgan fingerprint density at radius 3 is 1.86 bits per heavy atom. The molecular formula is C75H105N19O16S. The number of carbonyl (C=O) groups is 13. The quantitative estimate of drug-likeness (QED) is 0.0220. The molecule has 602 valence electrons. The summed E-state index contributed by atoms with van der Waals surface area (Å²) in [6.45, 7) is 6.82. The molecule has 111 heavy (non-hydrogen) atoms. The maximum absolute atomic E-state index is 15.1. The van der Waals surface area contributed by atoms with Crippen molar-refractivity contribution in [2.75, 3.05) is 59.5 Å². The smallest absolute Gasteiger partial charge is 0.345 e. The number of fused-ring (bicyclic) bond motifs is 1. The minimum atomic E-state index is -1.81. The van der Waals surface area contributed by atoms with Crippen molar-refractivity contribution in [3.63, 3.8) is 0 Å². The lowest BCUT2D eigenvalue weighted by Crippen LogP contribution is -2.61. The minimum absolute atomic E-state index is 0.0191. The van der Waals surface area contributed by atoms with Crippen LogP contribution in [-0.2, 0) is 63.9 Å². The first-order valence-electron chi connectivity index (χ1n) is 36.8. The maximum Gasteiger partial charge on any atom is 0.345 e. The normalized spacial score (nSPS) is 19.7. The van der Waals surface area contributed by atoms with Crippen LogP contribution in [0.25, 0.3) is 23.1 Å². The Balaban J connectivity index is 1.29. The van der Waals surface area contributed by atoms with Crippen molar-refractivity contribution < 1.29 is 77.3 Å². The van der Waals surface area contributed by atoms with E-state index in [-0.39, 0.29) is 89.7 Å². The molecule has 1 saturated heterocycles. The van der Waals surface area contributed by atoms with Gasteiger partial charge in [-0.1, -0.05) is 88.0 Å². The second kappa shape index (κ2) is 44.8. The van der Waals surface area contributed by atoms with Crippen LogP contribution in [0.4, 0.5) is 4.79 Å². The molecular weight excluding hydrogens is 1460 g/mol. The molecule has 0 bridgehead atoms. The molecule has 11 atom stereocenters. The fraction of sp³-hybridized carbons (Fsp3) is 0.480. The van der Waals surface area contributed by atoms with E-state index >= 15 is 4.79 Å². The Morgan fingerprint density at radius 2 is 1.26 bits per heavy atom. The number of hydrogen-bond donors (Lipinski definition) is 17. The fourth-order valence-corrected chi connectivity index (χ4v) is 12.6. The lowest BCUT2D eigenvalue weighted by atomic mass is 10.00. The summed E-state index contributed by atoms with van der Waals surface area (Å²) < 4.78 is 6.62. The number of benzene rings is 3.